The van der Waals surface area contributed by atoms with Crippen LogP contribution >= 0.6 is 22.9 Å². The van der Waals surface area contributed by atoms with Crippen LogP contribution in [0.25, 0.3) is 10.6 Å². The fourth-order valence-corrected chi connectivity index (χ4v) is 2.39. The molecule has 2 nitrogen and oxygen atoms in total. The van der Waals surface area contributed by atoms with Crippen LogP contribution in [0.1, 0.15) is 17.8 Å². The second kappa shape index (κ2) is 4.49. The zero-order valence-electron chi connectivity index (χ0n) is 8.58. The Labute approximate surface area is 102 Å². The molecule has 1 unspecified atom stereocenters. The summed E-state index contributed by atoms with van der Waals surface area (Å²) in [4.78, 5) is 5.17. The van der Waals surface area contributed by atoms with Gasteiger partial charge in [0.25, 0.3) is 0 Å². The highest BCUT2D eigenvalue weighted by molar-refractivity contribution is 7.15. The summed E-state index contributed by atoms with van der Waals surface area (Å²) in [5, 5.41) is 1.10. The fourth-order valence-electron chi connectivity index (χ4n) is 1.31. The van der Waals surface area contributed by atoms with E-state index in [-0.39, 0.29) is 11.9 Å². The molecule has 84 valence electrons. The molecule has 0 fully saturated rings. The Morgan fingerprint density at radius 3 is 2.75 bits per heavy atom. The zero-order chi connectivity index (χ0) is 11.7. The average molecular weight is 257 g/mol. The van der Waals surface area contributed by atoms with Gasteiger partial charge in [-0.15, -0.1) is 11.3 Å². The van der Waals surface area contributed by atoms with Crippen molar-refractivity contribution in [1.82, 2.24) is 4.98 Å². The summed E-state index contributed by atoms with van der Waals surface area (Å²) in [5.41, 5.74) is 6.42. The van der Waals surface area contributed by atoms with Gasteiger partial charge in [-0.1, -0.05) is 11.6 Å². The number of aromatic nitrogens is 1. The van der Waals surface area contributed by atoms with Crippen LogP contribution in [-0.2, 0) is 0 Å². The maximum atomic E-state index is 13.1. The molecule has 0 aliphatic heterocycles. The molecular weight excluding hydrogens is 247 g/mol. The molecule has 0 spiro atoms. The van der Waals surface area contributed by atoms with Crippen molar-refractivity contribution in [2.75, 3.05) is 0 Å². The molecular formula is C11H10ClFN2S. The monoisotopic (exact) mass is 256 g/mol. The molecule has 1 aromatic carbocycles. The predicted octanol–water partition coefficient (Wildman–Crippen LogP) is 3.62. The number of hydrogen-bond donors (Lipinski definition) is 1. The number of halogens is 2. The molecule has 0 aliphatic rings. The lowest BCUT2D eigenvalue weighted by molar-refractivity contribution is 0.628. The number of thiazole rings is 1. The Morgan fingerprint density at radius 1 is 1.44 bits per heavy atom. The third kappa shape index (κ3) is 2.40. The van der Waals surface area contributed by atoms with Crippen LogP contribution in [0.15, 0.2) is 24.4 Å². The maximum Gasteiger partial charge on any atom is 0.125 e. The van der Waals surface area contributed by atoms with Crippen LogP contribution < -0.4 is 5.73 Å². The first-order valence-electron chi connectivity index (χ1n) is 4.74. The van der Waals surface area contributed by atoms with Crippen LogP contribution in [0.5, 0.6) is 0 Å². The standard InChI is InChI=1S/C11H10ClFN2S/c1-6(14)10-5-15-11(16-10)7-2-8(12)4-9(13)3-7/h2-6H,14H2,1H3. The van der Waals surface area contributed by atoms with Crippen LogP contribution in [-0.4, -0.2) is 4.98 Å². The van der Waals surface area contributed by atoms with E-state index in [1.807, 2.05) is 6.92 Å². The van der Waals surface area contributed by atoms with E-state index in [2.05, 4.69) is 4.98 Å². The van der Waals surface area contributed by atoms with Crippen molar-refractivity contribution in [2.45, 2.75) is 13.0 Å². The second-order valence-electron chi connectivity index (χ2n) is 3.51. The van der Waals surface area contributed by atoms with Gasteiger partial charge in [-0.05, 0) is 25.1 Å². The molecule has 2 rings (SSSR count). The predicted molar refractivity (Wildman–Crippen MR) is 65.1 cm³/mol. The Balaban J connectivity index is 2.42. The van der Waals surface area contributed by atoms with E-state index in [0.29, 0.717) is 10.6 Å². The molecule has 5 heteroatoms. The van der Waals surface area contributed by atoms with Crippen molar-refractivity contribution in [3.05, 3.63) is 40.1 Å². The smallest absolute Gasteiger partial charge is 0.125 e. The van der Waals surface area contributed by atoms with Gasteiger partial charge in [0.05, 0.1) is 0 Å². The van der Waals surface area contributed by atoms with Crippen molar-refractivity contribution >= 4 is 22.9 Å². The van der Waals surface area contributed by atoms with Gasteiger partial charge in [-0.2, -0.15) is 0 Å². The van der Waals surface area contributed by atoms with Crippen molar-refractivity contribution in [3.8, 4) is 10.6 Å². The van der Waals surface area contributed by atoms with E-state index in [1.165, 1.54) is 23.5 Å². The van der Waals surface area contributed by atoms with E-state index < -0.39 is 0 Å². The summed E-state index contributed by atoms with van der Waals surface area (Å²) in [6, 6.07) is 4.31. The Morgan fingerprint density at radius 2 is 2.19 bits per heavy atom. The minimum atomic E-state index is -0.361. The van der Waals surface area contributed by atoms with Crippen LogP contribution in [0.4, 0.5) is 4.39 Å². The largest absolute Gasteiger partial charge is 0.323 e. The summed E-state index contributed by atoms with van der Waals surface area (Å²) in [5.74, 6) is -0.361. The molecule has 0 saturated heterocycles. The average Bonchev–Trinajstić information content (AvgIpc) is 2.64. The van der Waals surface area contributed by atoms with Gasteiger partial charge in [0, 0.05) is 27.7 Å². The molecule has 16 heavy (non-hydrogen) atoms. The quantitative estimate of drug-likeness (QED) is 0.891. The van der Waals surface area contributed by atoms with Crippen molar-refractivity contribution < 1.29 is 4.39 Å². The highest BCUT2D eigenvalue weighted by atomic mass is 35.5. The first kappa shape index (κ1) is 11.5. The maximum absolute atomic E-state index is 13.1. The minimum absolute atomic E-state index is 0.0599. The topological polar surface area (TPSA) is 38.9 Å². The molecule has 0 aliphatic carbocycles. The lowest BCUT2D eigenvalue weighted by Crippen LogP contribution is -2.01. The normalized spacial score (nSPS) is 12.8. The Bertz CT molecular complexity index is 490. The molecule has 2 aromatic rings. The number of nitrogens with zero attached hydrogens (tertiary/aromatic N) is 1. The molecule has 1 aromatic heterocycles. The zero-order valence-corrected chi connectivity index (χ0v) is 10.1. The molecule has 0 amide bonds. The molecule has 0 saturated carbocycles. The lowest BCUT2D eigenvalue weighted by Gasteiger charge is -1.99. The SMILES string of the molecule is CC(N)c1cnc(-c2cc(F)cc(Cl)c2)s1. The molecule has 0 radical (unpaired) electrons. The summed E-state index contributed by atoms with van der Waals surface area (Å²) < 4.78 is 13.1. The second-order valence-corrected chi connectivity index (χ2v) is 5.01. The lowest BCUT2D eigenvalue weighted by atomic mass is 10.2. The fraction of sp³-hybridized carbons (Fsp3) is 0.182. The summed E-state index contributed by atoms with van der Waals surface area (Å²) in [6.45, 7) is 1.88. The third-order valence-corrected chi connectivity index (χ3v) is 3.55. The first-order chi connectivity index (χ1) is 7.56. The van der Waals surface area contributed by atoms with Crippen LogP contribution in [0.2, 0.25) is 5.02 Å². The van der Waals surface area contributed by atoms with Crippen molar-refractivity contribution in [3.63, 3.8) is 0 Å². The third-order valence-electron chi connectivity index (χ3n) is 2.08. The number of rotatable bonds is 2. The highest BCUT2D eigenvalue weighted by Gasteiger charge is 2.09. The van der Waals surface area contributed by atoms with Crippen LogP contribution in [0, 0.1) is 5.82 Å². The van der Waals surface area contributed by atoms with Gasteiger partial charge in [-0.3, -0.25) is 0 Å². The van der Waals surface area contributed by atoms with Gasteiger partial charge in [0.1, 0.15) is 10.8 Å². The van der Waals surface area contributed by atoms with Gasteiger partial charge in [0.15, 0.2) is 0 Å². The summed E-state index contributed by atoms with van der Waals surface area (Å²) >= 11 is 7.23. The molecule has 0 bridgehead atoms. The number of benzene rings is 1. The molecule has 1 heterocycles. The van der Waals surface area contributed by atoms with Gasteiger partial charge in [0.2, 0.25) is 0 Å². The van der Waals surface area contributed by atoms with E-state index in [0.717, 1.165) is 9.88 Å². The minimum Gasteiger partial charge on any atom is -0.323 e. The Kier molecular flexibility index (Phi) is 3.23. The van der Waals surface area contributed by atoms with Crippen LogP contribution in [0.3, 0.4) is 0 Å². The van der Waals surface area contributed by atoms with E-state index in [1.54, 1.807) is 12.3 Å². The van der Waals surface area contributed by atoms with E-state index in [9.17, 15) is 4.39 Å². The molecule has 1 atom stereocenters. The Hall–Kier alpha value is -0.970. The number of hydrogen-bond acceptors (Lipinski definition) is 3. The van der Waals surface area contributed by atoms with Gasteiger partial charge >= 0.3 is 0 Å². The van der Waals surface area contributed by atoms with E-state index >= 15 is 0 Å². The van der Waals surface area contributed by atoms with Crippen molar-refractivity contribution in [1.29, 1.82) is 0 Å². The van der Waals surface area contributed by atoms with E-state index in [4.69, 9.17) is 17.3 Å². The van der Waals surface area contributed by atoms with Gasteiger partial charge < -0.3 is 5.73 Å². The highest BCUT2D eigenvalue weighted by Crippen LogP contribution is 2.30. The summed E-state index contributed by atoms with van der Waals surface area (Å²) in [6.07, 6.45) is 1.71. The van der Waals surface area contributed by atoms with Crippen molar-refractivity contribution in [2.24, 2.45) is 5.73 Å². The first-order valence-corrected chi connectivity index (χ1v) is 5.93. The molecule has 2 N–H and O–H groups in total. The van der Waals surface area contributed by atoms with Gasteiger partial charge in [-0.25, -0.2) is 9.37 Å². The summed E-state index contributed by atoms with van der Waals surface area (Å²) in [7, 11) is 0. The number of nitrogens with two attached hydrogens (primary N) is 1.